The molecule has 9 nitrogen and oxygen atoms in total. The molecule has 1 aliphatic carbocycles. The SMILES string of the molecule is CCc1nn2c(=O)cc(COC(=O)C3(NC(=O)NCc4ccccc4)CCCC3)nc2s1. The van der Waals surface area contributed by atoms with Crippen molar-refractivity contribution >= 4 is 28.3 Å². The predicted molar refractivity (Wildman–Crippen MR) is 119 cm³/mol. The number of aryl methyl sites for hydroxylation is 1. The van der Waals surface area contributed by atoms with Crippen LogP contribution in [-0.2, 0) is 29.1 Å². The molecule has 0 spiro atoms. The van der Waals surface area contributed by atoms with Gasteiger partial charge in [-0.3, -0.25) is 4.79 Å². The molecule has 4 rings (SSSR count). The number of nitrogens with zero attached hydrogens (tertiary/aromatic N) is 3. The average Bonchev–Trinajstić information content (AvgIpc) is 3.44. The molecule has 1 saturated carbocycles. The van der Waals surface area contributed by atoms with Crippen LogP contribution in [0.4, 0.5) is 4.79 Å². The zero-order valence-corrected chi connectivity index (χ0v) is 18.6. The molecule has 1 aromatic carbocycles. The standard InChI is InChI=1S/C22H25N5O4S/c1-2-17-26-27-18(28)12-16(24-21(27)32-17)14-31-19(29)22(10-6-7-11-22)25-20(30)23-13-15-8-4-3-5-9-15/h3-5,8-9,12H,2,6-7,10-11,13-14H2,1H3,(H2,23,25,30). The first-order valence-electron chi connectivity index (χ1n) is 10.6. The third-order valence-corrected chi connectivity index (χ3v) is 6.54. The zero-order chi connectivity index (χ0) is 22.6. The second-order valence-electron chi connectivity index (χ2n) is 7.79. The van der Waals surface area contributed by atoms with Crippen LogP contribution < -0.4 is 16.2 Å². The van der Waals surface area contributed by atoms with Crippen molar-refractivity contribution in [2.45, 2.75) is 57.7 Å². The number of hydrogen-bond donors (Lipinski definition) is 2. The minimum absolute atomic E-state index is 0.140. The van der Waals surface area contributed by atoms with Crippen LogP contribution in [0.1, 0.15) is 48.9 Å². The number of carbonyl (C=O) groups excluding carboxylic acids is 2. The van der Waals surface area contributed by atoms with E-state index in [2.05, 4.69) is 20.7 Å². The van der Waals surface area contributed by atoms with Crippen molar-refractivity contribution in [1.82, 2.24) is 25.2 Å². The van der Waals surface area contributed by atoms with Gasteiger partial charge in [-0.2, -0.15) is 9.61 Å². The maximum absolute atomic E-state index is 13.0. The lowest BCUT2D eigenvalue weighted by Gasteiger charge is -2.28. The predicted octanol–water partition coefficient (Wildman–Crippen LogP) is 2.57. The Morgan fingerprint density at radius 1 is 1.22 bits per heavy atom. The Morgan fingerprint density at radius 2 is 1.97 bits per heavy atom. The molecule has 168 valence electrons. The highest BCUT2D eigenvalue weighted by molar-refractivity contribution is 7.16. The molecule has 2 amide bonds. The van der Waals surface area contributed by atoms with E-state index in [0.717, 1.165) is 23.4 Å². The number of aromatic nitrogens is 3. The Bertz CT molecular complexity index is 1170. The Labute approximate surface area is 188 Å². The molecule has 0 unspecified atom stereocenters. The van der Waals surface area contributed by atoms with Gasteiger partial charge >= 0.3 is 12.0 Å². The average molecular weight is 456 g/mol. The van der Waals surface area contributed by atoms with Crippen LogP contribution in [0.2, 0.25) is 0 Å². The van der Waals surface area contributed by atoms with Gasteiger partial charge < -0.3 is 15.4 Å². The molecule has 3 aromatic rings. The molecule has 0 bridgehead atoms. The molecular weight excluding hydrogens is 430 g/mol. The molecular formula is C22H25N5O4S. The van der Waals surface area contributed by atoms with E-state index in [4.69, 9.17) is 4.74 Å². The van der Waals surface area contributed by atoms with Crippen molar-refractivity contribution < 1.29 is 14.3 Å². The number of amides is 2. The summed E-state index contributed by atoms with van der Waals surface area (Å²) in [5, 5.41) is 10.6. The Hall–Kier alpha value is -3.27. The molecule has 1 fully saturated rings. The third-order valence-electron chi connectivity index (χ3n) is 5.49. The summed E-state index contributed by atoms with van der Waals surface area (Å²) in [6, 6.07) is 10.4. The largest absolute Gasteiger partial charge is 0.457 e. The minimum Gasteiger partial charge on any atom is -0.457 e. The van der Waals surface area contributed by atoms with Crippen molar-refractivity contribution in [3.05, 3.63) is 63.0 Å². The Kier molecular flexibility index (Phi) is 6.50. The monoisotopic (exact) mass is 455 g/mol. The van der Waals surface area contributed by atoms with E-state index in [0.29, 0.717) is 36.5 Å². The van der Waals surface area contributed by atoms with Gasteiger partial charge in [-0.1, -0.05) is 61.4 Å². The summed E-state index contributed by atoms with van der Waals surface area (Å²) in [6.45, 7) is 2.18. The van der Waals surface area contributed by atoms with Gasteiger partial charge in [0.25, 0.3) is 5.56 Å². The van der Waals surface area contributed by atoms with E-state index in [1.54, 1.807) is 0 Å². The van der Waals surface area contributed by atoms with Gasteiger partial charge in [-0.15, -0.1) is 0 Å². The smallest absolute Gasteiger partial charge is 0.332 e. The fraction of sp³-hybridized carbons (Fsp3) is 0.409. The van der Waals surface area contributed by atoms with E-state index in [-0.39, 0.29) is 12.2 Å². The highest BCUT2D eigenvalue weighted by atomic mass is 32.1. The van der Waals surface area contributed by atoms with Crippen molar-refractivity contribution in [2.24, 2.45) is 0 Å². The second kappa shape index (κ2) is 9.47. The first-order valence-corrected chi connectivity index (χ1v) is 11.5. The molecule has 1 aliphatic rings. The van der Waals surface area contributed by atoms with Gasteiger partial charge in [0.2, 0.25) is 4.96 Å². The molecule has 10 heteroatoms. The number of nitrogens with one attached hydrogen (secondary N) is 2. The summed E-state index contributed by atoms with van der Waals surface area (Å²) in [5.41, 5.74) is -0.0603. The van der Waals surface area contributed by atoms with Gasteiger partial charge in [-0.05, 0) is 24.8 Å². The summed E-state index contributed by atoms with van der Waals surface area (Å²) >= 11 is 1.33. The first-order chi connectivity index (χ1) is 15.5. The Morgan fingerprint density at radius 3 is 2.69 bits per heavy atom. The van der Waals surface area contributed by atoms with Gasteiger partial charge in [-0.25, -0.2) is 14.6 Å². The lowest BCUT2D eigenvalue weighted by atomic mass is 9.98. The van der Waals surface area contributed by atoms with Gasteiger partial charge in [0, 0.05) is 12.6 Å². The summed E-state index contributed by atoms with van der Waals surface area (Å²) < 4.78 is 6.76. The summed E-state index contributed by atoms with van der Waals surface area (Å²) in [6.07, 6.45) is 3.36. The summed E-state index contributed by atoms with van der Waals surface area (Å²) in [5.74, 6) is -0.509. The van der Waals surface area contributed by atoms with Crippen molar-refractivity contribution in [3.63, 3.8) is 0 Å². The van der Waals surface area contributed by atoms with E-state index >= 15 is 0 Å². The third kappa shape index (κ3) is 4.80. The van der Waals surface area contributed by atoms with Crippen molar-refractivity contribution in [2.75, 3.05) is 0 Å². The van der Waals surface area contributed by atoms with Crippen LogP contribution >= 0.6 is 11.3 Å². The first kappa shape index (κ1) is 21.9. The Balaban J connectivity index is 1.40. The molecule has 0 radical (unpaired) electrons. The number of ether oxygens (including phenoxy) is 1. The topological polar surface area (TPSA) is 115 Å². The highest BCUT2D eigenvalue weighted by Crippen LogP contribution is 2.31. The molecule has 0 atom stereocenters. The zero-order valence-electron chi connectivity index (χ0n) is 17.8. The van der Waals surface area contributed by atoms with Crippen LogP contribution in [0.15, 0.2) is 41.2 Å². The number of rotatable bonds is 7. The van der Waals surface area contributed by atoms with Gasteiger partial charge in [0.15, 0.2) is 0 Å². The van der Waals surface area contributed by atoms with E-state index in [1.807, 2.05) is 37.3 Å². The highest BCUT2D eigenvalue weighted by Gasteiger charge is 2.44. The van der Waals surface area contributed by atoms with Crippen LogP contribution in [0.25, 0.3) is 4.96 Å². The summed E-state index contributed by atoms with van der Waals surface area (Å²) in [4.78, 5) is 42.6. The van der Waals surface area contributed by atoms with Crippen molar-refractivity contribution in [3.8, 4) is 0 Å². The van der Waals surface area contributed by atoms with Gasteiger partial charge in [0.1, 0.15) is 17.2 Å². The maximum atomic E-state index is 13.0. The lowest BCUT2D eigenvalue weighted by Crippen LogP contribution is -2.56. The van der Waals surface area contributed by atoms with E-state index in [1.165, 1.54) is 21.9 Å². The number of hydrogen-bond acceptors (Lipinski definition) is 7. The van der Waals surface area contributed by atoms with Gasteiger partial charge in [0.05, 0.1) is 5.69 Å². The van der Waals surface area contributed by atoms with E-state index in [9.17, 15) is 14.4 Å². The summed E-state index contributed by atoms with van der Waals surface area (Å²) in [7, 11) is 0. The second-order valence-corrected chi connectivity index (χ2v) is 8.83. The number of carbonyl (C=O) groups is 2. The van der Waals surface area contributed by atoms with Crippen LogP contribution in [0.5, 0.6) is 0 Å². The molecule has 2 aromatic heterocycles. The number of fused-ring (bicyclic) bond motifs is 1. The van der Waals surface area contributed by atoms with E-state index < -0.39 is 17.5 Å². The number of esters is 1. The normalized spacial score (nSPS) is 14.9. The minimum atomic E-state index is -1.07. The maximum Gasteiger partial charge on any atom is 0.332 e. The lowest BCUT2D eigenvalue weighted by molar-refractivity contribution is -0.152. The van der Waals surface area contributed by atoms with Crippen LogP contribution in [0.3, 0.4) is 0 Å². The quantitative estimate of drug-likeness (QED) is 0.529. The van der Waals surface area contributed by atoms with Crippen molar-refractivity contribution in [1.29, 1.82) is 0 Å². The number of urea groups is 1. The fourth-order valence-electron chi connectivity index (χ4n) is 3.79. The fourth-order valence-corrected chi connectivity index (χ4v) is 4.65. The molecule has 0 aliphatic heterocycles. The molecule has 32 heavy (non-hydrogen) atoms. The van der Waals surface area contributed by atoms with Crippen LogP contribution in [-0.4, -0.2) is 32.1 Å². The molecule has 2 N–H and O–H groups in total. The molecule has 0 saturated heterocycles. The molecule has 2 heterocycles. The van der Waals surface area contributed by atoms with Crippen LogP contribution in [0, 0.1) is 0 Å². The number of benzene rings is 1.